The summed E-state index contributed by atoms with van der Waals surface area (Å²) in [6.45, 7) is 7.21. The zero-order valence-corrected chi connectivity index (χ0v) is 12.6. The van der Waals surface area contributed by atoms with Crippen molar-refractivity contribution in [1.29, 1.82) is 0 Å². The fraction of sp³-hybridized carbons (Fsp3) is 0.625. The normalized spacial score (nSPS) is 24.5. The summed E-state index contributed by atoms with van der Waals surface area (Å²) < 4.78 is 11.4. The highest BCUT2D eigenvalue weighted by Crippen LogP contribution is 2.38. The van der Waals surface area contributed by atoms with Crippen molar-refractivity contribution in [2.24, 2.45) is 5.92 Å². The van der Waals surface area contributed by atoms with E-state index in [1.165, 1.54) is 16.7 Å². The van der Waals surface area contributed by atoms with Gasteiger partial charge in [0.1, 0.15) is 5.75 Å². The zero-order chi connectivity index (χ0) is 14.0. The van der Waals surface area contributed by atoms with Crippen molar-refractivity contribution in [2.45, 2.75) is 39.3 Å². The minimum Gasteiger partial charge on any atom is -0.496 e. The van der Waals surface area contributed by atoms with Crippen LogP contribution in [0.25, 0.3) is 0 Å². The molecule has 3 nitrogen and oxygen atoms in total. The Bertz CT molecular complexity index is 445. The van der Waals surface area contributed by atoms with Gasteiger partial charge in [-0.15, -0.1) is 0 Å². The highest BCUT2D eigenvalue weighted by Gasteiger charge is 2.31. The number of ether oxygens (including phenoxy) is 2. The van der Waals surface area contributed by atoms with Gasteiger partial charge in [0, 0.05) is 17.5 Å². The fourth-order valence-electron chi connectivity index (χ4n) is 3.05. The first-order chi connectivity index (χ1) is 9.08. The molecule has 1 fully saturated rings. The molecule has 0 spiro atoms. The molecule has 1 aliphatic heterocycles. The van der Waals surface area contributed by atoms with Gasteiger partial charge in [-0.1, -0.05) is 12.1 Å². The molecule has 19 heavy (non-hydrogen) atoms. The molecular weight excluding hydrogens is 238 g/mol. The molecule has 3 atom stereocenters. The lowest BCUT2D eigenvalue weighted by Gasteiger charge is -2.25. The molecule has 0 aromatic heterocycles. The first kappa shape index (κ1) is 14.4. The molecule has 0 radical (unpaired) electrons. The second kappa shape index (κ2) is 5.93. The van der Waals surface area contributed by atoms with E-state index in [0.29, 0.717) is 18.1 Å². The molecule has 0 aliphatic carbocycles. The number of rotatable bonds is 4. The van der Waals surface area contributed by atoms with Gasteiger partial charge in [-0.25, -0.2) is 0 Å². The summed E-state index contributed by atoms with van der Waals surface area (Å²) in [6, 6.07) is 4.65. The van der Waals surface area contributed by atoms with Crippen LogP contribution < -0.4 is 10.1 Å². The second-order valence-electron chi connectivity index (χ2n) is 5.54. The van der Waals surface area contributed by atoms with Gasteiger partial charge in [-0.3, -0.25) is 0 Å². The minimum atomic E-state index is 0.291. The van der Waals surface area contributed by atoms with Gasteiger partial charge in [-0.2, -0.15) is 0 Å². The quantitative estimate of drug-likeness (QED) is 0.906. The highest BCUT2D eigenvalue weighted by molar-refractivity contribution is 5.47. The average molecular weight is 263 g/mol. The molecule has 2 rings (SSSR count). The van der Waals surface area contributed by atoms with E-state index >= 15 is 0 Å². The van der Waals surface area contributed by atoms with Gasteiger partial charge in [-0.05, 0) is 45.4 Å². The lowest BCUT2D eigenvalue weighted by molar-refractivity contribution is 0.117. The maximum Gasteiger partial charge on any atom is 0.126 e. The largest absolute Gasteiger partial charge is 0.496 e. The molecule has 1 heterocycles. The Kier molecular flexibility index (Phi) is 4.48. The van der Waals surface area contributed by atoms with E-state index in [2.05, 4.69) is 38.2 Å². The van der Waals surface area contributed by atoms with E-state index in [4.69, 9.17) is 9.47 Å². The molecular formula is C16H25NO2. The summed E-state index contributed by atoms with van der Waals surface area (Å²) in [5.41, 5.74) is 3.74. The van der Waals surface area contributed by atoms with Crippen molar-refractivity contribution in [3.05, 3.63) is 28.8 Å². The zero-order valence-electron chi connectivity index (χ0n) is 12.6. The van der Waals surface area contributed by atoms with Gasteiger partial charge < -0.3 is 14.8 Å². The predicted molar refractivity (Wildman–Crippen MR) is 77.8 cm³/mol. The third kappa shape index (κ3) is 2.77. The molecule has 0 saturated carbocycles. The van der Waals surface area contributed by atoms with E-state index in [9.17, 15) is 0 Å². The standard InChI is InChI=1S/C16H25NO2/c1-10-6-7-14(16(18-5)12(10)3)15(17-4)13-8-11(2)19-9-13/h6-7,11,13,15,17H,8-9H2,1-5H3. The summed E-state index contributed by atoms with van der Waals surface area (Å²) in [6.07, 6.45) is 1.46. The number of hydrogen-bond donors (Lipinski definition) is 1. The Morgan fingerprint density at radius 2 is 2.11 bits per heavy atom. The fourth-order valence-corrected chi connectivity index (χ4v) is 3.05. The highest BCUT2D eigenvalue weighted by atomic mass is 16.5. The van der Waals surface area contributed by atoms with Crippen LogP contribution in [0.5, 0.6) is 5.75 Å². The van der Waals surface area contributed by atoms with Crippen LogP contribution in [0.3, 0.4) is 0 Å². The topological polar surface area (TPSA) is 30.5 Å². The molecule has 1 aromatic rings. The Hall–Kier alpha value is -1.06. The maximum absolute atomic E-state index is 5.72. The number of hydrogen-bond acceptors (Lipinski definition) is 3. The molecule has 3 unspecified atom stereocenters. The number of methoxy groups -OCH3 is 1. The predicted octanol–water partition coefficient (Wildman–Crippen LogP) is 3.00. The molecule has 3 heteroatoms. The Morgan fingerprint density at radius 1 is 1.37 bits per heavy atom. The summed E-state index contributed by atoms with van der Waals surface area (Å²) in [5.74, 6) is 1.52. The second-order valence-corrected chi connectivity index (χ2v) is 5.54. The molecule has 1 N–H and O–H groups in total. The maximum atomic E-state index is 5.72. The van der Waals surface area contributed by atoms with Gasteiger partial charge in [0.05, 0.1) is 19.8 Å². The van der Waals surface area contributed by atoms with Gasteiger partial charge in [0.25, 0.3) is 0 Å². The Balaban J connectivity index is 2.35. The van der Waals surface area contributed by atoms with Crippen molar-refractivity contribution >= 4 is 0 Å². The van der Waals surface area contributed by atoms with E-state index in [-0.39, 0.29) is 0 Å². The summed E-state index contributed by atoms with van der Waals surface area (Å²) in [4.78, 5) is 0. The first-order valence-electron chi connectivity index (χ1n) is 7.01. The van der Waals surface area contributed by atoms with Crippen molar-refractivity contribution in [3.8, 4) is 5.75 Å². The third-order valence-electron chi connectivity index (χ3n) is 4.26. The van der Waals surface area contributed by atoms with Crippen LogP contribution >= 0.6 is 0 Å². The van der Waals surface area contributed by atoms with Crippen LogP contribution in [0.2, 0.25) is 0 Å². The van der Waals surface area contributed by atoms with Crippen molar-refractivity contribution < 1.29 is 9.47 Å². The average Bonchev–Trinajstić information content (AvgIpc) is 2.81. The van der Waals surface area contributed by atoms with Gasteiger partial charge >= 0.3 is 0 Å². The van der Waals surface area contributed by atoms with Crippen LogP contribution in [0, 0.1) is 19.8 Å². The monoisotopic (exact) mass is 263 g/mol. The van der Waals surface area contributed by atoms with Crippen molar-refractivity contribution in [2.75, 3.05) is 20.8 Å². The smallest absolute Gasteiger partial charge is 0.126 e. The Labute approximate surface area is 116 Å². The summed E-state index contributed by atoms with van der Waals surface area (Å²) in [7, 11) is 3.77. The van der Waals surface area contributed by atoms with Crippen LogP contribution in [-0.2, 0) is 4.74 Å². The number of aryl methyl sites for hydroxylation is 1. The van der Waals surface area contributed by atoms with E-state index in [1.807, 2.05) is 7.05 Å². The summed E-state index contributed by atoms with van der Waals surface area (Å²) in [5, 5.41) is 3.44. The number of nitrogens with one attached hydrogen (secondary N) is 1. The molecule has 0 bridgehead atoms. The van der Waals surface area contributed by atoms with Crippen LogP contribution in [-0.4, -0.2) is 26.9 Å². The van der Waals surface area contributed by atoms with Gasteiger partial charge in [0.15, 0.2) is 0 Å². The Morgan fingerprint density at radius 3 is 2.63 bits per heavy atom. The third-order valence-corrected chi connectivity index (χ3v) is 4.26. The molecule has 0 amide bonds. The molecule has 1 aromatic carbocycles. The van der Waals surface area contributed by atoms with Crippen molar-refractivity contribution in [3.63, 3.8) is 0 Å². The van der Waals surface area contributed by atoms with Crippen LogP contribution in [0.4, 0.5) is 0 Å². The lowest BCUT2D eigenvalue weighted by Crippen LogP contribution is -2.26. The van der Waals surface area contributed by atoms with Crippen LogP contribution in [0.1, 0.15) is 36.1 Å². The van der Waals surface area contributed by atoms with Crippen LogP contribution in [0.15, 0.2) is 12.1 Å². The molecule has 1 aliphatic rings. The van der Waals surface area contributed by atoms with Crippen molar-refractivity contribution in [1.82, 2.24) is 5.32 Å². The minimum absolute atomic E-state index is 0.291. The van der Waals surface area contributed by atoms with Gasteiger partial charge in [0.2, 0.25) is 0 Å². The molecule has 1 saturated heterocycles. The van der Waals surface area contributed by atoms with E-state index in [0.717, 1.165) is 18.8 Å². The first-order valence-corrected chi connectivity index (χ1v) is 7.01. The lowest BCUT2D eigenvalue weighted by atomic mass is 9.88. The number of benzene rings is 1. The van der Waals surface area contributed by atoms with E-state index in [1.54, 1.807) is 7.11 Å². The SMILES string of the molecule is CNC(c1ccc(C)c(C)c1OC)C1COC(C)C1. The summed E-state index contributed by atoms with van der Waals surface area (Å²) >= 11 is 0. The molecule has 106 valence electrons. The van der Waals surface area contributed by atoms with E-state index < -0.39 is 0 Å².